The molecule has 7 nitrogen and oxygen atoms in total. The Morgan fingerprint density at radius 3 is 2.36 bits per heavy atom. The van der Waals surface area contributed by atoms with E-state index in [1.807, 2.05) is 4.72 Å². The number of halogens is 4. The lowest BCUT2D eigenvalue weighted by Crippen LogP contribution is -2.15. The molecular weight excluding hydrogens is 387 g/mol. The van der Waals surface area contributed by atoms with Crippen LogP contribution in [-0.2, 0) is 16.2 Å². The number of nitrogens with one attached hydrogen (secondary N) is 1. The van der Waals surface area contributed by atoms with Crippen LogP contribution >= 0.6 is 11.6 Å². The molecule has 0 bridgehead atoms. The number of nitrogens with two attached hydrogens (primary N) is 1. The van der Waals surface area contributed by atoms with Gasteiger partial charge in [-0.3, -0.25) is 14.8 Å². The van der Waals surface area contributed by atoms with Gasteiger partial charge in [0, 0.05) is 6.07 Å². The SMILES string of the molecule is Nc1ccc(NS(=O)(=O)c2cc(C(F)(F)F)ccc2Cl)cc1[N+](=O)[O-]. The molecule has 0 spiro atoms. The number of anilines is 2. The number of nitrogen functional groups attached to an aromatic ring is 1. The molecule has 0 aliphatic carbocycles. The highest BCUT2D eigenvalue weighted by Gasteiger charge is 2.33. The van der Waals surface area contributed by atoms with Crippen LogP contribution in [0, 0.1) is 10.1 Å². The van der Waals surface area contributed by atoms with E-state index in [1.54, 1.807) is 0 Å². The average molecular weight is 396 g/mol. The molecule has 0 heterocycles. The van der Waals surface area contributed by atoms with Gasteiger partial charge in [0.2, 0.25) is 0 Å². The van der Waals surface area contributed by atoms with Gasteiger partial charge in [-0.2, -0.15) is 13.2 Å². The zero-order valence-corrected chi connectivity index (χ0v) is 13.6. The second-order valence-electron chi connectivity index (χ2n) is 4.78. The van der Waals surface area contributed by atoms with Crippen molar-refractivity contribution in [1.82, 2.24) is 0 Å². The van der Waals surface area contributed by atoms with Gasteiger partial charge >= 0.3 is 6.18 Å². The number of rotatable bonds is 4. The highest BCUT2D eigenvalue weighted by molar-refractivity contribution is 7.92. The summed E-state index contributed by atoms with van der Waals surface area (Å²) in [5.74, 6) is 0. The smallest absolute Gasteiger partial charge is 0.393 e. The lowest BCUT2D eigenvalue weighted by molar-refractivity contribution is -0.383. The van der Waals surface area contributed by atoms with Gasteiger partial charge in [0.1, 0.15) is 10.6 Å². The topological polar surface area (TPSA) is 115 Å². The van der Waals surface area contributed by atoms with Crippen molar-refractivity contribution in [3.05, 3.63) is 57.1 Å². The highest BCUT2D eigenvalue weighted by atomic mass is 35.5. The number of sulfonamides is 1. The molecular formula is C13H9ClF3N3O4S. The van der Waals surface area contributed by atoms with Crippen LogP contribution in [0.15, 0.2) is 41.3 Å². The number of benzene rings is 2. The molecule has 2 aromatic carbocycles. The van der Waals surface area contributed by atoms with Crippen molar-refractivity contribution >= 4 is 38.7 Å². The maximum atomic E-state index is 12.8. The average Bonchev–Trinajstić information content (AvgIpc) is 2.47. The quantitative estimate of drug-likeness (QED) is 0.465. The van der Waals surface area contributed by atoms with Crippen LogP contribution < -0.4 is 10.5 Å². The first-order chi connectivity index (χ1) is 11.4. The first-order valence-electron chi connectivity index (χ1n) is 6.35. The number of hydrogen-bond acceptors (Lipinski definition) is 5. The minimum absolute atomic E-state index is 0.204. The molecule has 0 saturated heterocycles. The molecule has 0 aromatic heterocycles. The number of alkyl halides is 3. The maximum Gasteiger partial charge on any atom is 0.416 e. The Morgan fingerprint density at radius 2 is 1.80 bits per heavy atom. The molecule has 0 aliphatic rings. The van der Waals surface area contributed by atoms with Crippen LogP contribution in [0.2, 0.25) is 5.02 Å². The van der Waals surface area contributed by atoms with Crippen molar-refractivity contribution < 1.29 is 26.5 Å². The summed E-state index contributed by atoms with van der Waals surface area (Å²) in [5, 5.41) is 10.4. The van der Waals surface area contributed by atoms with Crippen LogP contribution in [0.3, 0.4) is 0 Å². The van der Waals surface area contributed by atoms with Gasteiger partial charge in [0.25, 0.3) is 15.7 Å². The normalized spacial score (nSPS) is 12.0. The second-order valence-corrected chi connectivity index (χ2v) is 6.84. The molecule has 2 aromatic rings. The fraction of sp³-hybridized carbons (Fsp3) is 0.0769. The highest BCUT2D eigenvalue weighted by Crippen LogP contribution is 2.34. The Morgan fingerprint density at radius 1 is 1.16 bits per heavy atom. The van der Waals surface area contributed by atoms with Gasteiger partial charge in [-0.1, -0.05) is 11.6 Å². The van der Waals surface area contributed by atoms with Gasteiger partial charge in [-0.25, -0.2) is 8.42 Å². The molecule has 0 radical (unpaired) electrons. The van der Waals surface area contributed by atoms with Gasteiger partial charge in [0.15, 0.2) is 0 Å². The van der Waals surface area contributed by atoms with E-state index in [9.17, 15) is 31.7 Å². The third-order valence-corrected chi connectivity index (χ3v) is 4.89. The Labute approximate surface area is 144 Å². The minimum Gasteiger partial charge on any atom is -0.393 e. The summed E-state index contributed by atoms with van der Waals surface area (Å²) in [6.45, 7) is 0. The summed E-state index contributed by atoms with van der Waals surface area (Å²) < 4.78 is 64.8. The third kappa shape index (κ3) is 4.12. The molecule has 134 valence electrons. The standard InChI is InChI=1S/C13H9ClF3N3O4S/c14-9-3-1-7(13(15,16)17)5-12(9)25(23,24)19-8-2-4-10(18)11(6-8)20(21)22/h1-6,19H,18H2. The fourth-order valence-corrected chi connectivity index (χ4v) is 3.44. The molecule has 0 saturated carbocycles. The predicted octanol–water partition coefficient (Wildman–Crippen LogP) is 3.65. The fourth-order valence-electron chi connectivity index (χ4n) is 1.86. The minimum atomic E-state index is -4.77. The van der Waals surface area contributed by atoms with E-state index in [0.29, 0.717) is 12.1 Å². The zero-order chi connectivity index (χ0) is 19.0. The molecule has 25 heavy (non-hydrogen) atoms. The van der Waals surface area contributed by atoms with Gasteiger partial charge in [-0.05, 0) is 30.3 Å². The first-order valence-corrected chi connectivity index (χ1v) is 8.21. The molecule has 0 amide bonds. The largest absolute Gasteiger partial charge is 0.416 e. The lowest BCUT2D eigenvalue weighted by Gasteiger charge is -2.12. The molecule has 12 heteroatoms. The lowest BCUT2D eigenvalue weighted by atomic mass is 10.2. The number of nitrogens with zero attached hydrogens (tertiary/aromatic N) is 1. The van der Waals surface area contributed by atoms with Crippen LogP contribution in [0.4, 0.5) is 30.2 Å². The zero-order valence-electron chi connectivity index (χ0n) is 12.0. The van der Waals surface area contributed by atoms with Crippen molar-refractivity contribution in [3.8, 4) is 0 Å². The number of nitro benzene ring substituents is 1. The monoisotopic (exact) mass is 395 g/mol. The predicted molar refractivity (Wildman–Crippen MR) is 84.8 cm³/mol. The summed E-state index contributed by atoms with van der Waals surface area (Å²) in [7, 11) is -4.53. The Balaban J connectivity index is 2.47. The van der Waals surface area contributed by atoms with Crippen molar-refractivity contribution in [1.29, 1.82) is 0 Å². The molecule has 3 N–H and O–H groups in total. The van der Waals surface area contributed by atoms with Gasteiger partial charge in [0.05, 0.1) is 21.2 Å². The van der Waals surface area contributed by atoms with Crippen molar-refractivity contribution in [2.24, 2.45) is 0 Å². The Bertz CT molecular complexity index is 948. The van der Waals surface area contributed by atoms with Crippen LogP contribution in [0.5, 0.6) is 0 Å². The third-order valence-electron chi connectivity index (χ3n) is 3.03. The van der Waals surface area contributed by atoms with E-state index >= 15 is 0 Å². The summed E-state index contributed by atoms with van der Waals surface area (Å²) in [5.41, 5.74) is 3.17. The molecule has 2 rings (SSSR count). The molecule has 0 atom stereocenters. The summed E-state index contributed by atoms with van der Waals surface area (Å²) in [6, 6.07) is 4.86. The van der Waals surface area contributed by atoms with Crippen LogP contribution in [-0.4, -0.2) is 13.3 Å². The maximum absolute atomic E-state index is 12.8. The summed E-state index contributed by atoms with van der Waals surface area (Å²) >= 11 is 5.69. The van der Waals surface area contributed by atoms with Crippen molar-refractivity contribution in [2.75, 3.05) is 10.5 Å². The van der Waals surface area contributed by atoms with Crippen LogP contribution in [0.1, 0.15) is 5.56 Å². The van der Waals surface area contributed by atoms with E-state index in [-0.39, 0.29) is 11.4 Å². The molecule has 0 unspecified atom stereocenters. The van der Waals surface area contributed by atoms with Crippen molar-refractivity contribution in [3.63, 3.8) is 0 Å². The van der Waals surface area contributed by atoms with Crippen molar-refractivity contribution in [2.45, 2.75) is 11.1 Å². The summed E-state index contributed by atoms with van der Waals surface area (Å²) in [6.07, 6.45) is -4.77. The van der Waals surface area contributed by atoms with E-state index in [0.717, 1.165) is 24.3 Å². The summed E-state index contributed by atoms with van der Waals surface area (Å²) in [4.78, 5) is 9.18. The van der Waals surface area contributed by atoms with Crippen LogP contribution in [0.25, 0.3) is 0 Å². The Kier molecular flexibility index (Phi) is 4.82. The van der Waals surface area contributed by atoms with E-state index in [2.05, 4.69) is 0 Å². The molecule has 0 fully saturated rings. The van der Waals surface area contributed by atoms with Gasteiger partial charge in [-0.15, -0.1) is 0 Å². The van der Waals surface area contributed by atoms with Gasteiger partial charge < -0.3 is 5.73 Å². The van der Waals surface area contributed by atoms with E-state index in [1.165, 1.54) is 0 Å². The number of nitro groups is 1. The van der Waals surface area contributed by atoms with E-state index < -0.39 is 42.3 Å². The first kappa shape index (κ1) is 18.8. The number of hydrogen-bond donors (Lipinski definition) is 2. The second kappa shape index (κ2) is 6.41. The molecule has 0 aliphatic heterocycles. The Hall–Kier alpha value is -2.53. The van der Waals surface area contributed by atoms with E-state index in [4.69, 9.17) is 17.3 Å².